The standard InChI is InChI=1S/C16H32N2/c1-3-14-8-10-16(11-9-14)18(4-2)13-15-7-5-6-12-17-15/h14-17H,3-13H2,1-2H3. The van der Waals surface area contributed by atoms with Crippen molar-refractivity contribution in [1.29, 1.82) is 0 Å². The quantitative estimate of drug-likeness (QED) is 0.806. The number of nitrogens with one attached hydrogen (secondary N) is 1. The lowest BCUT2D eigenvalue weighted by molar-refractivity contribution is 0.123. The molecular weight excluding hydrogens is 220 g/mol. The molecule has 2 aliphatic rings. The predicted molar refractivity (Wildman–Crippen MR) is 78.9 cm³/mol. The van der Waals surface area contributed by atoms with Gasteiger partial charge < -0.3 is 5.32 Å². The molecule has 0 aromatic rings. The minimum atomic E-state index is 0.766. The van der Waals surface area contributed by atoms with Gasteiger partial charge in [0, 0.05) is 18.6 Å². The van der Waals surface area contributed by atoms with E-state index in [0.29, 0.717) is 0 Å². The first-order valence-electron chi connectivity index (χ1n) is 8.30. The fraction of sp³-hybridized carbons (Fsp3) is 1.00. The van der Waals surface area contributed by atoms with E-state index in [-0.39, 0.29) is 0 Å². The Bertz CT molecular complexity index is 215. The van der Waals surface area contributed by atoms with E-state index >= 15 is 0 Å². The maximum atomic E-state index is 3.70. The summed E-state index contributed by atoms with van der Waals surface area (Å²) in [6.45, 7) is 8.46. The monoisotopic (exact) mass is 252 g/mol. The van der Waals surface area contributed by atoms with Crippen LogP contribution in [0.3, 0.4) is 0 Å². The SMILES string of the molecule is CCC1CCC(N(CC)CC2CCCCN2)CC1. The Hall–Kier alpha value is -0.0800. The van der Waals surface area contributed by atoms with Gasteiger partial charge in [-0.15, -0.1) is 0 Å². The molecule has 0 spiro atoms. The Labute approximate surface area is 114 Å². The third-order valence-electron chi connectivity index (χ3n) is 5.18. The van der Waals surface area contributed by atoms with Gasteiger partial charge >= 0.3 is 0 Å². The number of nitrogens with zero attached hydrogens (tertiary/aromatic N) is 1. The highest BCUT2D eigenvalue weighted by Gasteiger charge is 2.26. The number of likely N-dealkylation sites (N-methyl/N-ethyl adjacent to an activating group) is 1. The summed E-state index contributed by atoms with van der Waals surface area (Å²) < 4.78 is 0. The van der Waals surface area contributed by atoms with Gasteiger partial charge in [0.1, 0.15) is 0 Å². The highest BCUT2D eigenvalue weighted by molar-refractivity contribution is 4.83. The average molecular weight is 252 g/mol. The summed E-state index contributed by atoms with van der Waals surface area (Å²) in [5.41, 5.74) is 0. The molecule has 0 radical (unpaired) electrons. The summed E-state index contributed by atoms with van der Waals surface area (Å²) in [4.78, 5) is 2.76. The number of hydrogen-bond acceptors (Lipinski definition) is 2. The smallest absolute Gasteiger partial charge is 0.0195 e. The first-order valence-corrected chi connectivity index (χ1v) is 8.30. The van der Waals surface area contributed by atoms with Crippen LogP contribution in [-0.4, -0.2) is 36.6 Å². The van der Waals surface area contributed by atoms with Crippen LogP contribution in [0.1, 0.15) is 65.2 Å². The first-order chi connectivity index (χ1) is 8.83. The van der Waals surface area contributed by atoms with Crippen LogP contribution >= 0.6 is 0 Å². The zero-order chi connectivity index (χ0) is 12.8. The van der Waals surface area contributed by atoms with E-state index in [4.69, 9.17) is 0 Å². The predicted octanol–water partition coefficient (Wildman–Crippen LogP) is 3.42. The van der Waals surface area contributed by atoms with Crippen LogP contribution in [0.4, 0.5) is 0 Å². The van der Waals surface area contributed by atoms with Gasteiger partial charge in [-0.25, -0.2) is 0 Å². The van der Waals surface area contributed by atoms with Gasteiger partial charge in [0.25, 0.3) is 0 Å². The molecule has 1 unspecified atom stereocenters. The second-order valence-electron chi connectivity index (χ2n) is 6.32. The molecule has 1 aliphatic heterocycles. The van der Waals surface area contributed by atoms with Crippen molar-refractivity contribution in [1.82, 2.24) is 10.2 Å². The van der Waals surface area contributed by atoms with Crippen molar-refractivity contribution >= 4 is 0 Å². The van der Waals surface area contributed by atoms with Gasteiger partial charge in [0.15, 0.2) is 0 Å². The average Bonchev–Trinajstić information content (AvgIpc) is 2.46. The van der Waals surface area contributed by atoms with Crippen LogP contribution in [0.5, 0.6) is 0 Å². The van der Waals surface area contributed by atoms with Crippen LogP contribution in [0, 0.1) is 5.92 Å². The molecule has 2 heteroatoms. The fourth-order valence-electron chi connectivity index (χ4n) is 3.82. The number of piperidine rings is 1. The van der Waals surface area contributed by atoms with Gasteiger partial charge in [0.2, 0.25) is 0 Å². The Balaban J connectivity index is 1.77. The van der Waals surface area contributed by atoms with E-state index in [9.17, 15) is 0 Å². The van der Waals surface area contributed by atoms with Gasteiger partial charge in [-0.05, 0) is 57.5 Å². The van der Waals surface area contributed by atoms with Crippen molar-refractivity contribution in [3.63, 3.8) is 0 Å². The highest BCUT2D eigenvalue weighted by atomic mass is 15.2. The molecule has 2 rings (SSSR count). The summed E-state index contributed by atoms with van der Waals surface area (Å²) in [5, 5.41) is 3.70. The molecule has 106 valence electrons. The lowest BCUT2D eigenvalue weighted by Gasteiger charge is -2.39. The Kier molecular flexibility index (Phi) is 5.97. The van der Waals surface area contributed by atoms with E-state index < -0.39 is 0 Å². The first kappa shape index (κ1) is 14.3. The Morgan fingerprint density at radius 2 is 1.78 bits per heavy atom. The molecule has 18 heavy (non-hydrogen) atoms. The topological polar surface area (TPSA) is 15.3 Å². The van der Waals surface area contributed by atoms with E-state index in [1.54, 1.807) is 0 Å². The maximum absolute atomic E-state index is 3.70. The van der Waals surface area contributed by atoms with Crippen LogP contribution in [0.2, 0.25) is 0 Å². The van der Waals surface area contributed by atoms with Crippen molar-refractivity contribution in [3.8, 4) is 0 Å². The van der Waals surface area contributed by atoms with Crippen LogP contribution in [0.15, 0.2) is 0 Å². The molecule has 0 aromatic heterocycles. The largest absolute Gasteiger partial charge is 0.313 e. The summed E-state index contributed by atoms with van der Waals surface area (Å²) in [6.07, 6.45) is 11.4. The molecule has 0 amide bonds. The second-order valence-corrected chi connectivity index (χ2v) is 6.32. The Morgan fingerprint density at radius 1 is 1.00 bits per heavy atom. The van der Waals surface area contributed by atoms with E-state index in [0.717, 1.165) is 18.0 Å². The molecule has 2 nitrogen and oxygen atoms in total. The minimum absolute atomic E-state index is 0.766. The third kappa shape index (κ3) is 3.96. The van der Waals surface area contributed by atoms with Gasteiger partial charge in [-0.2, -0.15) is 0 Å². The van der Waals surface area contributed by atoms with Crippen molar-refractivity contribution < 1.29 is 0 Å². The zero-order valence-corrected chi connectivity index (χ0v) is 12.5. The normalized spacial score (nSPS) is 33.8. The van der Waals surface area contributed by atoms with Crippen molar-refractivity contribution in [3.05, 3.63) is 0 Å². The fourth-order valence-corrected chi connectivity index (χ4v) is 3.82. The second kappa shape index (κ2) is 7.49. The van der Waals surface area contributed by atoms with E-state index in [2.05, 4.69) is 24.1 Å². The zero-order valence-electron chi connectivity index (χ0n) is 12.5. The van der Waals surface area contributed by atoms with Crippen LogP contribution < -0.4 is 5.32 Å². The highest BCUT2D eigenvalue weighted by Crippen LogP contribution is 2.29. The molecule has 1 atom stereocenters. The summed E-state index contributed by atoms with van der Waals surface area (Å²) in [6, 6.07) is 1.64. The molecule has 0 bridgehead atoms. The van der Waals surface area contributed by atoms with Crippen LogP contribution in [0.25, 0.3) is 0 Å². The van der Waals surface area contributed by atoms with Crippen LogP contribution in [-0.2, 0) is 0 Å². The molecular formula is C16H32N2. The van der Waals surface area contributed by atoms with Gasteiger partial charge in [-0.3, -0.25) is 4.90 Å². The van der Waals surface area contributed by atoms with Gasteiger partial charge in [0.05, 0.1) is 0 Å². The number of hydrogen-bond donors (Lipinski definition) is 1. The molecule has 1 N–H and O–H groups in total. The molecule has 1 saturated carbocycles. The maximum Gasteiger partial charge on any atom is 0.0195 e. The number of rotatable bonds is 5. The third-order valence-corrected chi connectivity index (χ3v) is 5.18. The van der Waals surface area contributed by atoms with E-state index in [1.165, 1.54) is 71.0 Å². The molecule has 1 saturated heterocycles. The van der Waals surface area contributed by atoms with E-state index in [1.807, 2.05) is 0 Å². The summed E-state index contributed by atoms with van der Waals surface area (Å²) in [7, 11) is 0. The minimum Gasteiger partial charge on any atom is -0.313 e. The summed E-state index contributed by atoms with van der Waals surface area (Å²) in [5.74, 6) is 1.02. The lowest BCUT2D eigenvalue weighted by Crippen LogP contribution is -2.48. The lowest BCUT2D eigenvalue weighted by atomic mass is 9.83. The molecule has 1 heterocycles. The van der Waals surface area contributed by atoms with Crippen molar-refractivity contribution in [2.24, 2.45) is 5.92 Å². The molecule has 1 aliphatic carbocycles. The van der Waals surface area contributed by atoms with Crippen molar-refractivity contribution in [2.45, 2.75) is 77.3 Å². The molecule has 2 fully saturated rings. The van der Waals surface area contributed by atoms with Gasteiger partial charge in [-0.1, -0.05) is 26.7 Å². The Morgan fingerprint density at radius 3 is 2.33 bits per heavy atom. The summed E-state index contributed by atoms with van der Waals surface area (Å²) >= 11 is 0. The molecule has 0 aromatic carbocycles. The van der Waals surface area contributed by atoms with Crippen molar-refractivity contribution in [2.75, 3.05) is 19.6 Å².